The Morgan fingerprint density at radius 2 is 1.67 bits per heavy atom. The van der Waals surface area contributed by atoms with Crippen molar-refractivity contribution in [1.29, 1.82) is 0 Å². The first-order chi connectivity index (χ1) is 8.76. The first kappa shape index (κ1) is 12.9. The minimum atomic E-state index is 0.506. The molecule has 18 heavy (non-hydrogen) atoms. The molecule has 1 aliphatic heterocycles. The molecule has 3 rings (SSSR count). The number of rotatable bonds is 3. The smallest absolute Gasteiger partial charge is 0.0309 e. The molecule has 104 valence electrons. The van der Waals surface area contributed by atoms with Crippen LogP contribution >= 0.6 is 0 Å². The SMILES string of the molecule is CCC1(CN2CCNC3(CCCC3)C2)CCCC1. The number of nitrogens with one attached hydrogen (secondary N) is 1. The summed E-state index contributed by atoms with van der Waals surface area (Å²) in [7, 11) is 0. The molecule has 2 nitrogen and oxygen atoms in total. The van der Waals surface area contributed by atoms with E-state index in [4.69, 9.17) is 0 Å². The molecular weight excluding hydrogens is 220 g/mol. The van der Waals surface area contributed by atoms with E-state index in [2.05, 4.69) is 17.1 Å². The van der Waals surface area contributed by atoms with Gasteiger partial charge in [-0.15, -0.1) is 0 Å². The van der Waals surface area contributed by atoms with Gasteiger partial charge in [0.1, 0.15) is 0 Å². The maximum Gasteiger partial charge on any atom is 0.0309 e. The average Bonchev–Trinajstić information content (AvgIpc) is 3.01. The number of hydrogen-bond donors (Lipinski definition) is 1. The highest BCUT2D eigenvalue weighted by Gasteiger charge is 2.40. The Bertz CT molecular complexity index is 275. The Morgan fingerprint density at radius 3 is 2.33 bits per heavy atom. The van der Waals surface area contributed by atoms with Gasteiger partial charge in [-0.3, -0.25) is 4.90 Å². The fourth-order valence-electron chi connectivity index (χ4n) is 4.79. The highest BCUT2D eigenvalue weighted by atomic mass is 15.2. The molecule has 0 amide bonds. The maximum atomic E-state index is 3.84. The van der Waals surface area contributed by atoms with E-state index in [1.54, 1.807) is 0 Å². The Kier molecular flexibility index (Phi) is 3.68. The van der Waals surface area contributed by atoms with Crippen LogP contribution in [0.2, 0.25) is 0 Å². The molecule has 0 aromatic heterocycles. The second-order valence-electron chi connectivity index (χ2n) is 7.19. The lowest BCUT2D eigenvalue weighted by Crippen LogP contribution is -2.60. The molecule has 0 atom stereocenters. The zero-order valence-electron chi connectivity index (χ0n) is 12.1. The molecule has 2 saturated carbocycles. The zero-order valence-corrected chi connectivity index (χ0v) is 12.1. The van der Waals surface area contributed by atoms with Gasteiger partial charge in [0.05, 0.1) is 0 Å². The van der Waals surface area contributed by atoms with Crippen molar-refractivity contribution in [3.8, 4) is 0 Å². The van der Waals surface area contributed by atoms with Gasteiger partial charge in [0.25, 0.3) is 0 Å². The van der Waals surface area contributed by atoms with Gasteiger partial charge < -0.3 is 5.32 Å². The molecule has 0 unspecified atom stereocenters. The second kappa shape index (κ2) is 5.13. The van der Waals surface area contributed by atoms with Crippen molar-refractivity contribution in [1.82, 2.24) is 10.2 Å². The summed E-state index contributed by atoms with van der Waals surface area (Å²) in [5.41, 5.74) is 1.18. The van der Waals surface area contributed by atoms with E-state index in [0.29, 0.717) is 11.0 Å². The molecule has 1 saturated heterocycles. The van der Waals surface area contributed by atoms with Gasteiger partial charge in [-0.2, -0.15) is 0 Å². The molecule has 0 bridgehead atoms. The first-order valence-corrected chi connectivity index (χ1v) is 8.23. The topological polar surface area (TPSA) is 15.3 Å². The van der Waals surface area contributed by atoms with Gasteiger partial charge >= 0.3 is 0 Å². The summed E-state index contributed by atoms with van der Waals surface area (Å²) in [4.78, 5) is 2.80. The normalized spacial score (nSPS) is 31.2. The highest BCUT2D eigenvalue weighted by Crippen LogP contribution is 2.42. The van der Waals surface area contributed by atoms with Crippen LogP contribution in [0, 0.1) is 5.41 Å². The van der Waals surface area contributed by atoms with Crippen LogP contribution in [0.4, 0.5) is 0 Å². The van der Waals surface area contributed by atoms with Crippen molar-refractivity contribution in [2.45, 2.75) is 70.3 Å². The Hall–Kier alpha value is -0.0800. The summed E-state index contributed by atoms with van der Waals surface area (Å²) in [5.74, 6) is 0. The number of hydrogen-bond acceptors (Lipinski definition) is 2. The third kappa shape index (κ3) is 2.46. The largest absolute Gasteiger partial charge is 0.309 e. The van der Waals surface area contributed by atoms with E-state index in [9.17, 15) is 0 Å². The fourth-order valence-corrected chi connectivity index (χ4v) is 4.79. The molecule has 1 N–H and O–H groups in total. The van der Waals surface area contributed by atoms with E-state index < -0.39 is 0 Å². The van der Waals surface area contributed by atoms with Crippen molar-refractivity contribution >= 4 is 0 Å². The predicted octanol–water partition coefficient (Wildman–Crippen LogP) is 3.17. The van der Waals surface area contributed by atoms with Crippen LogP contribution in [0.5, 0.6) is 0 Å². The summed E-state index contributed by atoms with van der Waals surface area (Å²) >= 11 is 0. The number of piperazine rings is 1. The van der Waals surface area contributed by atoms with E-state index in [1.807, 2.05) is 0 Å². The standard InChI is InChI=1S/C16H30N2/c1-2-15(7-3-4-8-15)13-18-12-11-17-16(14-18)9-5-6-10-16/h17H,2-14H2,1H3. The molecule has 0 aromatic carbocycles. The van der Waals surface area contributed by atoms with Gasteiger partial charge in [-0.25, -0.2) is 0 Å². The Balaban J connectivity index is 1.62. The molecule has 2 heteroatoms. The monoisotopic (exact) mass is 250 g/mol. The van der Waals surface area contributed by atoms with Gasteiger partial charge in [0.15, 0.2) is 0 Å². The van der Waals surface area contributed by atoms with Crippen LogP contribution in [0.15, 0.2) is 0 Å². The van der Waals surface area contributed by atoms with Crippen LogP contribution in [0.3, 0.4) is 0 Å². The summed E-state index contributed by atoms with van der Waals surface area (Å²) < 4.78 is 0. The van der Waals surface area contributed by atoms with Gasteiger partial charge in [-0.1, -0.05) is 32.6 Å². The van der Waals surface area contributed by atoms with Crippen LogP contribution in [0.25, 0.3) is 0 Å². The molecular formula is C16H30N2. The lowest BCUT2D eigenvalue weighted by molar-refractivity contribution is 0.0811. The molecule has 2 aliphatic carbocycles. The third-order valence-corrected chi connectivity index (χ3v) is 5.99. The molecule has 1 heterocycles. The summed E-state index contributed by atoms with van der Waals surface area (Å²) in [5, 5.41) is 3.84. The Labute approximate surface area is 113 Å². The van der Waals surface area contributed by atoms with E-state index in [-0.39, 0.29) is 0 Å². The molecule has 3 aliphatic rings. The van der Waals surface area contributed by atoms with Gasteiger partial charge in [-0.05, 0) is 37.5 Å². The van der Waals surface area contributed by atoms with E-state index in [0.717, 1.165) is 0 Å². The van der Waals surface area contributed by atoms with Crippen LogP contribution in [-0.2, 0) is 0 Å². The lowest BCUT2D eigenvalue weighted by atomic mass is 9.82. The van der Waals surface area contributed by atoms with Gasteiger partial charge in [0, 0.05) is 31.7 Å². The van der Waals surface area contributed by atoms with Crippen molar-refractivity contribution in [3.05, 3.63) is 0 Å². The number of nitrogens with zero attached hydrogens (tertiary/aromatic N) is 1. The summed E-state index contributed by atoms with van der Waals surface area (Å²) in [6.45, 7) is 7.63. The minimum absolute atomic E-state index is 0.506. The maximum absolute atomic E-state index is 3.84. The van der Waals surface area contributed by atoms with Crippen molar-refractivity contribution < 1.29 is 0 Å². The van der Waals surface area contributed by atoms with E-state index in [1.165, 1.54) is 84.0 Å². The van der Waals surface area contributed by atoms with Crippen molar-refractivity contribution in [2.75, 3.05) is 26.2 Å². The van der Waals surface area contributed by atoms with Crippen LogP contribution in [0.1, 0.15) is 64.7 Å². The van der Waals surface area contributed by atoms with Gasteiger partial charge in [0.2, 0.25) is 0 Å². The second-order valence-corrected chi connectivity index (χ2v) is 7.19. The zero-order chi connectivity index (χ0) is 12.5. The summed E-state index contributed by atoms with van der Waals surface area (Å²) in [6, 6.07) is 0. The fraction of sp³-hybridized carbons (Fsp3) is 1.00. The highest BCUT2D eigenvalue weighted by molar-refractivity contribution is 4.99. The predicted molar refractivity (Wildman–Crippen MR) is 76.8 cm³/mol. The molecule has 0 radical (unpaired) electrons. The van der Waals surface area contributed by atoms with Crippen LogP contribution in [-0.4, -0.2) is 36.6 Å². The van der Waals surface area contributed by atoms with Crippen LogP contribution < -0.4 is 5.32 Å². The first-order valence-electron chi connectivity index (χ1n) is 8.23. The summed E-state index contributed by atoms with van der Waals surface area (Å²) in [6.07, 6.45) is 13.0. The lowest BCUT2D eigenvalue weighted by Gasteiger charge is -2.45. The van der Waals surface area contributed by atoms with Crippen molar-refractivity contribution in [3.63, 3.8) is 0 Å². The molecule has 1 spiro atoms. The molecule has 0 aromatic rings. The quantitative estimate of drug-likeness (QED) is 0.827. The third-order valence-electron chi connectivity index (χ3n) is 5.99. The van der Waals surface area contributed by atoms with E-state index >= 15 is 0 Å². The molecule has 3 fully saturated rings. The minimum Gasteiger partial charge on any atom is -0.309 e. The average molecular weight is 250 g/mol. The Morgan fingerprint density at radius 1 is 1.00 bits per heavy atom. The van der Waals surface area contributed by atoms with Crippen molar-refractivity contribution in [2.24, 2.45) is 5.41 Å².